The summed E-state index contributed by atoms with van der Waals surface area (Å²) in [6.07, 6.45) is 7.29. The highest BCUT2D eigenvalue weighted by Gasteiger charge is 2.40. The lowest BCUT2D eigenvalue weighted by molar-refractivity contribution is 0.0342. The van der Waals surface area contributed by atoms with Gasteiger partial charge >= 0.3 is 0 Å². The molecule has 6 heteroatoms. The summed E-state index contributed by atoms with van der Waals surface area (Å²) in [5.41, 5.74) is 1.62. The van der Waals surface area contributed by atoms with Crippen molar-refractivity contribution >= 4 is 33.1 Å². The molecule has 2 saturated carbocycles. The van der Waals surface area contributed by atoms with Gasteiger partial charge < -0.3 is 14.4 Å². The lowest BCUT2D eigenvalue weighted by Gasteiger charge is -2.42. The Kier molecular flexibility index (Phi) is 9.43. The first-order chi connectivity index (χ1) is 24.3. The first kappa shape index (κ1) is 33.4. The van der Waals surface area contributed by atoms with Crippen molar-refractivity contribution in [2.45, 2.75) is 58.4 Å². The minimum absolute atomic E-state index is 0.0384. The number of nitrogens with zero attached hydrogens (tertiary/aromatic N) is 2. The number of benzene rings is 4. The van der Waals surface area contributed by atoms with Gasteiger partial charge in [0.25, 0.3) is 0 Å². The molecule has 4 aromatic carbocycles. The Labute approximate surface area is 297 Å². The van der Waals surface area contributed by atoms with Crippen LogP contribution in [0.25, 0.3) is 21.5 Å². The topological polar surface area (TPSA) is 59.1 Å². The van der Waals surface area contributed by atoms with E-state index in [4.69, 9.17) is 9.47 Å². The second-order valence-corrected chi connectivity index (χ2v) is 16.1. The Morgan fingerprint density at radius 3 is 2.16 bits per heavy atom. The van der Waals surface area contributed by atoms with E-state index in [2.05, 4.69) is 60.0 Å². The van der Waals surface area contributed by atoms with E-state index in [-0.39, 0.29) is 29.6 Å². The van der Waals surface area contributed by atoms with Gasteiger partial charge in [-0.2, -0.15) is 0 Å². The molecule has 8 rings (SSSR count). The number of fused-ring (bicyclic) bond motifs is 2. The van der Waals surface area contributed by atoms with E-state index in [0.29, 0.717) is 18.3 Å². The van der Waals surface area contributed by atoms with E-state index in [9.17, 15) is 9.59 Å². The zero-order valence-corrected chi connectivity index (χ0v) is 30.0. The van der Waals surface area contributed by atoms with Gasteiger partial charge in [0.05, 0.1) is 7.11 Å². The highest BCUT2D eigenvalue weighted by molar-refractivity contribution is 6.03. The summed E-state index contributed by atoms with van der Waals surface area (Å²) in [6, 6.07) is 24.7. The fraction of sp³-hybridized carbons (Fsp3) is 0.500. The summed E-state index contributed by atoms with van der Waals surface area (Å²) in [5, 5.41) is 4.24. The molecule has 4 aromatic rings. The van der Waals surface area contributed by atoms with Crippen molar-refractivity contribution in [2.75, 3.05) is 46.4 Å². The quantitative estimate of drug-likeness (QED) is 0.141. The summed E-state index contributed by atoms with van der Waals surface area (Å²) < 4.78 is 12.0. The van der Waals surface area contributed by atoms with Crippen LogP contribution in [0.1, 0.15) is 73.1 Å². The number of Topliss-reactive ketones (excluding diaryl/α,β-unsaturated/α-hetero) is 2. The standard InChI is InChI=1S/C44H52N2O4/c1-28-17-18-45(23-30-7-8-30)25-40(28)43(47)35-12-11-33-22-38(15-13-32(33)20-35)50-27-37-19-29(2)41(26-46(37)24-31-9-10-31)44(48)36-14-16-39-34(21-36)5-4-6-42(39)49-3/h4-6,11-16,20-22,28-31,37,40-41H,7-10,17-19,23-27H2,1-3H3/t28-,29-,37?,40+,41+/m0/s1. The number of methoxy groups -OCH3 is 1. The largest absolute Gasteiger partial charge is 0.496 e. The van der Waals surface area contributed by atoms with Crippen LogP contribution in [0.15, 0.2) is 72.8 Å². The van der Waals surface area contributed by atoms with Crippen LogP contribution in [0, 0.1) is 35.5 Å². The minimum atomic E-state index is -0.0384. The van der Waals surface area contributed by atoms with Crippen LogP contribution in [0.2, 0.25) is 0 Å². The number of piperidine rings is 2. The monoisotopic (exact) mass is 672 g/mol. The number of likely N-dealkylation sites (tertiary alicyclic amines) is 2. The van der Waals surface area contributed by atoms with Crippen molar-refractivity contribution in [3.05, 3.63) is 83.9 Å². The molecule has 50 heavy (non-hydrogen) atoms. The van der Waals surface area contributed by atoms with E-state index in [1.165, 1.54) is 25.7 Å². The van der Waals surface area contributed by atoms with Crippen LogP contribution in [0.4, 0.5) is 0 Å². The van der Waals surface area contributed by atoms with Crippen molar-refractivity contribution < 1.29 is 19.1 Å². The van der Waals surface area contributed by atoms with Gasteiger partial charge in [-0.3, -0.25) is 14.5 Å². The Bertz CT molecular complexity index is 1880. The molecule has 0 amide bonds. The van der Waals surface area contributed by atoms with E-state index in [0.717, 1.165) is 102 Å². The summed E-state index contributed by atoms with van der Waals surface area (Å²) in [5.74, 6) is 4.51. The van der Waals surface area contributed by atoms with E-state index in [1.54, 1.807) is 7.11 Å². The van der Waals surface area contributed by atoms with Gasteiger partial charge in [-0.25, -0.2) is 0 Å². The normalized spacial score (nSPS) is 26.3. The Morgan fingerprint density at radius 1 is 0.720 bits per heavy atom. The molecule has 0 spiro atoms. The third kappa shape index (κ3) is 7.20. The Balaban J connectivity index is 0.926. The Morgan fingerprint density at radius 2 is 1.40 bits per heavy atom. The molecule has 6 nitrogen and oxygen atoms in total. The highest BCUT2D eigenvalue weighted by Crippen LogP contribution is 2.38. The molecule has 4 aliphatic rings. The van der Waals surface area contributed by atoms with Gasteiger partial charge in [0, 0.05) is 60.6 Å². The molecular formula is C44H52N2O4. The maximum absolute atomic E-state index is 14.0. The third-order valence-electron chi connectivity index (χ3n) is 12.3. The molecule has 0 N–H and O–H groups in total. The van der Waals surface area contributed by atoms with Gasteiger partial charge in [0.1, 0.15) is 18.1 Å². The molecule has 0 radical (unpaired) electrons. The summed E-state index contributed by atoms with van der Waals surface area (Å²) >= 11 is 0. The molecule has 4 fully saturated rings. The number of ether oxygens (including phenoxy) is 2. The molecule has 2 heterocycles. The average molecular weight is 673 g/mol. The van der Waals surface area contributed by atoms with Gasteiger partial charge in [-0.1, -0.05) is 50.2 Å². The third-order valence-corrected chi connectivity index (χ3v) is 12.3. The number of hydrogen-bond acceptors (Lipinski definition) is 6. The van der Waals surface area contributed by atoms with Crippen molar-refractivity contribution in [1.82, 2.24) is 9.80 Å². The summed E-state index contributed by atoms with van der Waals surface area (Å²) in [7, 11) is 1.69. The summed E-state index contributed by atoms with van der Waals surface area (Å²) in [6.45, 7) is 10.1. The van der Waals surface area contributed by atoms with Crippen LogP contribution in [0.3, 0.4) is 0 Å². The first-order valence-electron chi connectivity index (χ1n) is 19.1. The smallest absolute Gasteiger partial charge is 0.167 e. The van der Waals surface area contributed by atoms with E-state index < -0.39 is 0 Å². The van der Waals surface area contributed by atoms with Gasteiger partial charge in [-0.15, -0.1) is 0 Å². The van der Waals surface area contributed by atoms with Crippen LogP contribution >= 0.6 is 0 Å². The molecule has 1 unspecified atom stereocenters. The zero-order valence-electron chi connectivity index (χ0n) is 30.0. The number of carbonyl (C=O) groups is 2. The lowest BCUT2D eigenvalue weighted by Crippen LogP contribution is -2.51. The number of carbonyl (C=O) groups excluding carboxylic acids is 2. The number of rotatable bonds is 12. The molecule has 262 valence electrons. The van der Waals surface area contributed by atoms with Gasteiger partial charge in [0.15, 0.2) is 11.6 Å². The number of hydrogen-bond donors (Lipinski definition) is 0. The van der Waals surface area contributed by atoms with E-state index >= 15 is 0 Å². The predicted octanol–water partition coefficient (Wildman–Crippen LogP) is 8.55. The van der Waals surface area contributed by atoms with Crippen molar-refractivity contribution in [3.63, 3.8) is 0 Å². The molecule has 0 aromatic heterocycles. The van der Waals surface area contributed by atoms with Crippen molar-refractivity contribution in [2.24, 2.45) is 35.5 Å². The summed E-state index contributed by atoms with van der Waals surface area (Å²) in [4.78, 5) is 32.8. The zero-order chi connectivity index (χ0) is 34.4. The maximum Gasteiger partial charge on any atom is 0.167 e. The Hall–Kier alpha value is -3.74. The maximum atomic E-state index is 14.0. The SMILES string of the molecule is COc1cccc2cc(C(=O)[C@@H]3CN(CC4CC4)C(COc4ccc5cc(C(=O)[C@@H]6CN(CC7CC7)CC[C@@H]6C)ccc5c4)C[C@@H]3C)ccc12. The van der Waals surface area contributed by atoms with E-state index in [1.807, 2.05) is 36.4 Å². The molecule has 2 aliphatic carbocycles. The van der Waals surface area contributed by atoms with Crippen molar-refractivity contribution in [3.8, 4) is 11.5 Å². The van der Waals surface area contributed by atoms with Crippen LogP contribution in [-0.4, -0.2) is 73.8 Å². The van der Waals surface area contributed by atoms with Crippen LogP contribution in [-0.2, 0) is 0 Å². The molecule has 0 bridgehead atoms. The molecule has 2 saturated heterocycles. The fourth-order valence-corrected chi connectivity index (χ4v) is 8.68. The fourth-order valence-electron chi connectivity index (χ4n) is 8.68. The average Bonchev–Trinajstić information content (AvgIpc) is 4.09. The highest BCUT2D eigenvalue weighted by atomic mass is 16.5. The lowest BCUT2D eigenvalue weighted by atomic mass is 9.78. The van der Waals surface area contributed by atoms with Crippen molar-refractivity contribution in [1.29, 1.82) is 0 Å². The molecular weight excluding hydrogens is 620 g/mol. The van der Waals surface area contributed by atoms with Crippen LogP contribution in [0.5, 0.6) is 11.5 Å². The molecule has 2 aliphatic heterocycles. The van der Waals surface area contributed by atoms with Gasteiger partial charge in [0.2, 0.25) is 0 Å². The second kappa shape index (κ2) is 14.1. The minimum Gasteiger partial charge on any atom is -0.496 e. The molecule has 5 atom stereocenters. The van der Waals surface area contributed by atoms with Gasteiger partial charge in [-0.05, 0) is 121 Å². The first-order valence-corrected chi connectivity index (χ1v) is 19.1. The second-order valence-electron chi connectivity index (χ2n) is 16.1. The number of ketones is 2. The predicted molar refractivity (Wildman–Crippen MR) is 200 cm³/mol. The van der Waals surface area contributed by atoms with Crippen LogP contribution < -0.4 is 9.47 Å².